The van der Waals surface area contributed by atoms with E-state index in [0.29, 0.717) is 11.8 Å². The monoisotopic (exact) mass is 290 g/mol. The molecule has 2 aliphatic rings. The van der Waals surface area contributed by atoms with Gasteiger partial charge in [-0.2, -0.15) is 0 Å². The van der Waals surface area contributed by atoms with Crippen LogP contribution in [0.2, 0.25) is 0 Å². The molecule has 2 N–H and O–H groups in total. The minimum absolute atomic E-state index is 0.276. The molecule has 1 saturated heterocycles. The van der Waals surface area contributed by atoms with Crippen LogP contribution in [0.3, 0.4) is 0 Å². The van der Waals surface area contributed by atoms with Gasteiger partial charge in [-0.3, -0.25) is 0 Å². The van der Waals surface area contributed by atoms with Crippen LogP contribution in [0.1, 0.15) is 50.8 Å². The first kappa shape index (κ1) is 14.6. The van der Waals surface area contributed by atoms with Crippen molar-refractivity contribution in [3.8, 4) is 0 Å². The first-order valence-corrected chi connectivity index (χ1v) is 8.28. The molecule has 3 rings (SSSR count). The summed E-state index contributed by atoms with van der Waals surface area (Å²) in [5, 5.41) is 12.8. The first-order chi connectivity index (χ1) is 10.3. The zero-order valence-electron chi connectivity index (χ0n) is 12.9. The van der Waals surface area contributed by atoms with Crippen LogP contribution in [0.25, 0.3) is 0 Å². The van der Waals surface area contributed by atoms with Crippen LogP contribution in [0.5, 0.6) is 0 Å². The van der Waals surface area contributed by atoms with E-state index in [1.54, 1.807) is 0 Å². The van der Waals surface area contributed by atoms with Gasteiger partial charge < -0.3 is 15.3 Å². The Labute approximate surface area is 126 Å². The topological polar surface area (TPSA) is 61.3 Å². The molecule has 0 amide bonds. The van der Waals surface area contributed by atoms with Gasteiger partial charge in [0.15, 0.2) is 0 Å². The molecule has 1 atom stereocenters. The van der Waals surface area contributed by atoms with Gasteiger partial charge in [-0.15, -0.1) is 0 Å². The van der Waals surface area contributed by atoms with E-state index in [-0.39, 0.29) is 6.61 Å². The zero-order valence-corrected chi connectivity index (χ0v) is 12.9. The fourth-order valence-corrected chi connectivity index (χ4v) is 2.90. The average Bonchev–Trinajstić information content (AvgIpc) is 3.37. The van der Waals surface area contributed by atoms with Crippen molar-refractivity contribution in [2.75, 3.05) is 36.5 Å². The maximum Gasteiger partial charge on any atom is 0.136 e. The predicted molar refractivity (Wildman–Crippen MR) is 84.8 cm³/mol. The second-order valence-electron chi connectivity index (χ2n) is 6.31. The van der Waals surface area contributed by atoms with Gasteiger partial charge in [0.2, 0.25) is 0 Å². The molecule has 0 radical (unpaired) electrons. The summed E-state index contributed by atoms with van der Waals surface area (Å²) in [6.07, 6.45) is 5.78. The number of nitrogens with zero attached hydrogens (tertiary/aromatic N) is 3. The molecule has 1 aromatic rings. The number of aromatic nitrogens is 2. The summed E-state index contributed by atoms with van der Waals surface area (Å²) in [7, 11) is 0. The van der Waals surface area contributed by atoms with Crippen molar-refractivity contribution in [3.63, 3.8) is 0 Å². The lowest BCUT2D eigenvalue weighted by Gasteiger charge is -2.33. The van der Waals surface area contributed by atoms with E-state index in [2.05, 4.69) is 28.2 Å². The van der Waals surface area contributed by atoms with E-state index in [1.165, 1.54) is 12.8 Å². The summed E-state index contributed by atoms with van der Waals surface area (Å²) in [6, 6.07) is 2.07. The van der Waals surface area contributed by atoms with Crippen molar-refractivity contribution in [1.82, 2.24) is 9.97 Å². The Kier molecular flexibility index (Phi) is 4.58. The lowest BCUT2D eigenvalue weighted by Crippen LogP contribution is -2.37. The Hall–Kier alpha value is -1.36. The van der Waals surface area contributed by atoms with Crippen molar-refractivity contribution in [1.29, 1.82) is 0 Å². The quantitative estimate of drug-likeness (QED) is 0.842. The van der Waals surface area contributed by atoms with Crippen LogP contribution in [0.4, 0.5) is 11.6 Å². The predicted octanol–water partition coefficient (Wildman–Crippen LogP) is 2.38. The van der Waals surface area contributed by atoms with Crippen molar-refractivity contribution in [2.45, 2.75) is 44.9 Å². The Morgan fingerprint density at radius 3 is 2.90 bits per heavy atom. The molecule has 0 bridgehead atoms. The third-order valence-corrected chi connectivity index (χ3v) is 4.33. The molecule has 1 aromatic heterocycles. The van der Waals surface area contributed by atoms with Crippen LogP contribution in [-0.2, 0) is 0 Å². The van der Waals surface area contributed by atoms with Crippen LogP contribution in [-0.4, -0.2) is 41.3 Å². The molecule has 2 heterocycles. The van der Waals surface area contributed by atoms with E-state index >= 15 is 0 Å². The molecule has 0 spiro atoms. The van der Waals surface area contributed by atoms with Crippen LogP contribution in [0.15, 0.2) is 6.07 Å². The van der Waals surface area contributed by atoms with Crippen molar-refractivity contribution in [3.05, 3.63) is 11.9 Å². The average molecular weight is 290 g/mol. The minimum atomic E-state index is 0.276. The van der Waals surface area contributed by atoms with Gasteiger partial charge in [0.1, 0.15) is 17.5 Å². The molecule has 116 valence electrons. The number of anilines is 2. The lowest BCUT2D eigenvalue weighted by atomic mass is 9.99. The Morgan fingerprint density at radius 1 is 1.33 bits per heavy atom. The second-order valence-corrected chi connectivity index (χ2v) is 6.31. The van der Waals surface area contributed by atoms with Crippen molar-refractivity contribution in [2.24, 2.45) is 5.92 Å². The molecule has 2 fully saturated rings. The van der Waals surface area contributed by atoms with Gasteiger partial charge in [0.05, 0.1) is 0 Å². The third-order valence-electron chi connectivity index (χ3n) is 4.33. The number of aliphatic hydroxyl groups excluding tert-OH is 1. The standard InChI is InChI=1S/C16H26N4O/c1-2-7-17-14-9-15(19-16(18-14)13-5-6-13)20-8-3-4-12(10-20)11-21/h9,12-13,21H,2-8,10-11H2,1H3,(H,17,18,19). The summed E-state index contributed by atoms with van der Waals surface area (Å²) < 4.78 is 0. The summed E-state index contributed by atoms with van der Waals surface area (Å²) >= 11 is 0. The van der Waals surface area contributed by atoms with Gasteiger partial charge in [-0.1, -0.05) is 6.92 Å². The number of hydrogen-bond donors (Lipinski definition) is 2. The lowest BCUT2D eigenvalue weighted by molar-refractivity contribution is 0.208. The number of piperidine rings is 1. The molecule has 0 aromatic carbocycles. The summed E-state index contributed by atoms with van der Waals surface area (Å²) in [6.45, 7) is 5.32. The Bertz CT molecular complexity index is 475. The van der Waals surface area contributed by atoms with E-state index < -0.39 is 0 Å². The molecule has 5 nitrogen and oxygen atoms in total. The van der Waals surface area contributed by atoms with Gasteiger partial charge in [-0.05, 0) is 38.0 Å². The Morgan fingerprint density at radius 2 is 2.19 bits per heavy atom. The normalized spacial score (nSPS) is 22.4. The summed E-state index contributed by atoms with van der Waals surface area (Å²) in [5.74, 6) is 3.92. The van der Waals surface area contributed by atoms with E-state index in [4.69, 9.17) is 4.98 Å². The van der Waals surface area contributed by atoms with E-state index in [9.17, 15) is 5.11 Å². The van der Waals surface area contributed by atoms with E-state index in [0.717, 1.165) is 56.4 Å². The number of nitrogens with one attached hydrogen (secondary N) is 1. The molecule has 5 heteroatoms. The molecular weight excluding hydrogens is 264 g/mol. The smallest absolute Gasteiger partial charge is 0.136 e. The Balaban J connectivity index is 1.80. The third kappa shape index (κ3) is 3.64. The van der Waals surface area contributed by atoms with Gasteiger partial charge in [0.25, 0.3) is 0 Å². The van der Waals surface area contributed by atoms with Crippen molar-refractivity contribution < 1.29 is 5.11 Å². The molecular formula is C16H26N4O. The van der Waals surface area contributed by atoms with E-state index in [1.807, 2.05) is 0 Å². The highest BCUT2D eigenvalue weighted by Crippen LogP contribution is 2.39. The maximum absolute atomic E-state index is 9.41. The van der Waals surface area contributed by atoms with Crippen LogP contribution < -0.4 is 10.2 Å². The fraction of sp³-hybridized carbons (Fsp3) is 0.750. The minimum Gasteiger partial charge on any atom is -0.396 e. The van der Waals surface area contributed by atoms with Crippen LogP contribution in [0, 0.1) is 5.92 Å². The zero-order chi connectivity index (χ0) is 14.7. The second kappa shape index (κ2) is 6.60. The highest BCUT2D eigenvalue weighted by Gasteiger charge is 2.29. The van der Waals surface area contributed by atoms with Gasteiger partial charge >= 0.3 is 0 Å². The maximum atomic E-state index is 9.41. The number of hydrogen-bond acceptors (Lipinski definition) is 5. The van der Waals surface area contributed by atoms with Crippen molar-refractivity contribution >= 4 is 11.6 Å². The fourth-order valence-electron chi connectivity index (χ4n) is 2.90. The molecule has 21 heavy (non-hydrogen) atoms. The largest absolute Gasteiger partial charge is 0.396 e. The SMILES string of the molecule is CCCNc1cc(N2CCCC(CO)C2)nc(C2CC2)n1. The summed E-state index contributed by atoms with van der Waals surface area (Å²) in [4.78, 5) is 11.8. The highest BCUT2D eigenvalue weighted by molar-refractivity contribution is 5.50. The number of aliphatic hydroxyl groups is 1. The molecule has 1 unspecified atom stereocenters. The molecule has 1 aliphatic heterocycles. The number of rotatable bonds is 6. The first-order valence-electron chi connectivity index (χ1n) is 8.28. The van der Waals surface area contributed by atoms with Gasteiger partial charge in [-0.25, -0.2) is 9.97 Å². The van der Waals surface area contributed by atoms with Crippen LogP contribution >= 0.6 is 0 Å². The van der Waals surface area contributed by atoms with Gasteiger partial charge in [0, 0.05) is 38.2 Å². The highest BCUT2D eigenvalue weighted by atomic mass is 16.3. The summed E-state index contributed by atoms with van der Waals surface area (Å²) in [5.41, 5.74) is 0. The molecule has 1 aliphatic carbocycles. The molecule has 1 saturated carbocycles.